The van der Waals surface area contributed by atoms with Gasteiger partial charge in [-0.25, -0.2) is 0 Å². The Morgan fingerprint density at radius 1 is 1.04 bits per heavy atom. The van der Waals surface area contributed by atoms with Crippen LogP contribution in [0, 0.1) is 5.92 Å². The Labute approximate surface area is 152 Å². The molecule has 1 unspecified atom stereocenters. The molecule has 2 aliphatic heterocycles. The molecule has 4 rings (SSSR count). The van der Waals surface area contributed by atoms with Crippen molar-refractivity contribution >= 4 is 11.8 Å². The van der Waals surface area contributed by atoms with Gasteiger partial charge >= 0.3 is 0 Å². The number of amides is 2. The van der Waals surface area contributed by atoms with E-state index in [9.17, 15) is 9.59 Å². The first kappa shape index (κ1) is 16.7. The molecule has 0 spiro atoms. The lowest BCUT2D eigenvalue weighted by molar-refractivity contribution is -0.127. The van der Waals surface area contributed by atoms with Gasteiger partial charge in [-0.1, -0.05) is 18.2 Å². The Balaban J connectivity index is 1.34. The van der Waals surface area contributed by atoms with Gasteiger partial charge in [0, 0.05) is 31.0 Å². The van der Waals surface area contributed by atoms with Crippen molar-refractivity contribution in [2.45, 2.75) is 25.3 Å². The molecule has 136 valence electrons. The van der Waals surface area contributed by atoms with Crippen molar-refractivity contribution in [1.29, 1.82) is 0 Å². The largest absolute Gasteiger partial charge is 0.493 e. The summed E-state index contributed by atoms with van der Waals surface area (Å²) in [6.07, 6.45) is 3.62. The number of carbonyl (C=O) groups is 2. The number of benzene rings is 1. The van der Waals surface area contributed by atoms with Gasteiger partial charge in [0.1, 0.15) is 5.75 Å². The van der Waals surface area contributed by atoms with Crippen LogP contribution in [0.25, 0.3) is 0 Å². The Bertz CT molecular complexity index is 779. The second-order valence-electron chi connectivity index (χ2n) is 6.78. The minimum absolute atomic E-state index is 0.00442. The van der Waals surface area contributed by atoms with Gasteiger partial charge in [0.2, 0.25) is 5.91 Å². The van der Waals surface area contributed by atoms with E-state index in [2.05, 4.69) is 5.32 Å². The molecule has 2 aliphatic rings. The number of piperidine rings is 1. The third-order valence-electron chi connectivity index (χ3n) is 5.16. The molecule has 1 aromatic heterocycles. The Kier molecular flexibility index (Phi) is 4.65. The fraction of sp³-hybridized carbons (Fsp3) is 0.400. The minimum Gasteiger partial charge on any atom is -0.493 e. The molecular formula is C20H22N2O4. The van der Waals surface area contributed by atoms with E-state index in [0.29, 0.717) is 38.3 Å². The van der Waals surface area contributed by atoms with Crippen LogP contribution in [0.3, 0.4) is 0 Å². The number of fused-ring (bicyclic) bond motifs is 1. The second kappa shape index (κ2) is 7.23. The predicted molar refractivity (Wildman–Crippen MR) is 94.8 cm³/mol. The molecule has 6 heteroatoms. The van der Waals surface area contributed by atoms with Crippen LogP contribution in [-0.4, -0.2) is 36.4 Å². The van der Waals surface area contributed by atoms with Crippen LogP contribution in [0.15, 0.2) is 47.1 Å². The molecule has 1 atom stereocenters. The number of carbonyl (C=O) groups excluding carboxylic acids is 2. The zero-order chi connectivity index (χ0) is 17.9. The maximum atomic E-state index is 12.7. The van der Waals surface area contributed by atoms with Crippen LogP contribution in [0.1, 0.15) is 41.4 Å². The van der Waals surface area contributed by atoms with E-state index in [-0.39, 0.29) is 23.8 Å². The summed E-state index contributed by atoms with van der Waals surface area (Å²) in [5.41, 5.74) is 1.04. The van der Waals surface area contributed by atoms with E-state index < -0.39 is 0 Å². The van der Waals surface area contributed by atoms with E-state index >= 15 is 0 Å². The highest BCUT2D eigenvalue weighted by atomic mass is 16.5. The van der Waals surface area contributed by atoms with Crippen molar-refractivity contribution in [1.82, 2.24) is 10.2 Å². The molecule has 6 nitrogen and oxygen atoms in total. The molecule has 0 bridgehead atoms. The highest BCUT2D eigenvalue weighted by Crippen LogP contribution is 2.32. The molecule has 0 aliphatic carbocycles. The van der Waals surface area contributed by atoms with Crippen molar-refractivity contribution in [3.05, 3.63) is 54.0 Å². The number of furan rings is 1. The zero-order valence-corrected chi connectivity index (χ0v) is 14.5. The number of rotatable bonds is 3. The molecule has 1 N–H and O–H groups in total. The normalized spacial score (nSPS) is 20.2. The predicted octanol–water partition coefficient (Wildman–Crippen LogP) is 2.77. The molecule has 26 heavy (non-hydrogen) atoms. The molecule has 1 fully saturated rings. The van der Waals surface area contributed by atoms with Crippen molar-refractivity contribution in [2.75, 3.05) is 19.7 Å². The van der Waals surface area contributed by atoms with Crippen LogP contribution in [0.5, 0.6) is 5.75 Å². The lowest BCUT2D eigenvalue weighted by Gasteiger charge is -2.33. The first-order valence-corrected chi connectivity index (χ1v) is 9.07. The maximum absolute atomic E-state index is 12.7. The third-order valence-corrected chi connectivity index (χ3v) is 5.16. The van der Waals surface area contributed by atoms with Crippen molar-refractivity contribution in [3.63, 3.8) is 0 Å². The molecule has 1 aromatic carbocycles. The summed E-state index contributed by atoms with van der Waals surface area (Å²) >= 11 is 0. The van der Waals surface area contributed by atoms with Crippen molar-refractivity contribution < 1.29 is 18.7 Å². The number of nitrogens with zero attached hydrogens (tertiary/aromatic N) is 1. The van der Waals surface area contributed by atoms with Gasteiger partial charge in [-0.05, 0) is 31.0 Å². The number of nitrogens with one attached hydrogen (secondary N) is 1. The fourth-order valence-corrected chi connectivity index (χ4v) is 3.68. The van der Waals surface area contributed by atoms with Crippen LogP contribution < -0.4 is 10.1 Å². The minimum atomic E-state index is -0.104. The maximum Gasteiger partial charge on any atom is 0.289 e. The summed E-state index contributed by atoms with van der Waals surface area (Å²) in [4.78, 5) is 26.8. The smallest absolute Gasteiger partial charge is 0.289 e. The molecule has 2 amide bonds. The van der Waals surface area contributed by atoms with E-state index in [0.717, 1.165) is 17.7 Å². The number of hydrogen-bond donors (Lipinski definition) is 1. The molecule has 0 saturated carbocycles. The summed E-state index contributed by atoms with van der Waals surface area (Å²) in [6, 6.07) is 11.2. The quantitative estimate of drug-likeness (QED) is 0.920. The Morgan fingerprint density at radius 3 is 2.62 bits per heavy atom. The molecule has 0 radical (unpaired) electrons. The third kappa shape index (κ3) is 3.31. The van der Waals surface area contributed by atoms with Gasteiger partial charge in [0.25, 0.3) is 5.91 Å². The van der Waals surface area contributed by atoms with Gasteiger partial charge in [-0.3, -0.25) is 9.59 Å². The number of likely N-dealkylation sites (tertiary alicyclic amines) is 1. The van der Waals surface area contributed by atoms with E-state index in [4.69, 9.17) is 9.15 Å². The van der Waals surface area contributed by atoms with Crippen molar-refractivity contribution in [2.24, 2.45) is 5.92 Å². The van der Waals surface area contributed by atoms with Gasteiger partial charge in [-0.15, -0.1) is 0 Å². The summed E-state index contributed by atoms with van der Waals surface area (Å²) in [5.74, 6) is 1.10. The highest BCUT2D eigenvalue weighted by Gasteiger charge is 2.31. The first-order valence-electron chi connectivity index (χ1n) is 9.07. The van der Waals surface area contributed by atoms with Crippen molar-refractivity contribution in [3.8, 4) is 5.75 Å². The molecule has 2 aromatic rings. The highest BCUT2D eigenvalue weighted by molar-refractivity contribution is 5.91. The average Bonchev–Trinajstić information content (AvgIpc) is 3.23. The standard InChI is InChI=1S/C20H22N2O4/c23-19(21-16-9-13-26-17-5-2-1-4-15(16)17)14-7-10-22(11-8-14)20(24)18-6-3-12-25-18/h1-6,12,14,16H,7-11,13H2,(H,21,23). The van der Waals surface area contributed by atoms with E-state index in [1.165, 1.54) is 6.26 Å². The average molecular weight is 354 g/mol. The summed E-state index contributed by atoms with van der Waals surface area (Å²) in [7, 11) is 0. The van der Waals surface area contributed by atoms with Gasteiger partial charge in [-0.2, -0.15) is 0 Å². The number of para-hydroxylation sites is 1. The topological polar surface area (TPSA) is 71.8 Å². The Hall–Kier alpha value is -2.76. The zero-order valence-electron chi connectivity index (χ0n) is 14.5. The van der Waals surface area contributed by atoms with Gasteiger partial charge < -0.3 is 19.4 Å². The lowest BCUT2D eigenvalue weighted by atomic mass is 9.94. The van der Waals surface area contributed by atoms with Crippen LogP contribution in [0.4, 0.5) is 0 Å². The van der Waals surface area contributed by atoms with Gasteiger partial charge in [0.15, 0.2) is 5.76 Å². The lowest BCUT2D eigenvalue weighted by Crippen LogP contribution is -2.44. The summed E-state index contributed by atoms with van der Waals surface area (Å²) in [6.45, 7) is 1.75. The van der Waals surface area contributed by atoms with E-state index in [1.807, 2.05) is 24.3 Å². The van der Waals surface area contributed by atoms with Crippen LogP contribution >= 0.6 is 0 Å². The SMILES string of the molecule is O=C(NC1CCOc2ccccc21)C1CCN(C(=O)c2ccco2)CC1. The molecule has 3 heterocycles. The number of hydrogen-bond acceptors (Lipinski definition) is 4. The summed E-state index contributed by atoms with van der Waals surface area (Å²) < 4.78 is 10.8. The monoisotopic (exact) mass is 354 g/mol. The van der Waals surface area contributed by atoms with Gasteiger partial charge in [0.05, 0.1) is 18.9 Å². The first-order chi connectivity index (χ1) is 12.7. The van der Waals surface area contributed by atoms with Crippen LogP contribution in [0.2, 0.25) is 0 Å². The second-order valence-corrected chi connectivity index (χ2v) is 6.78. The van der Waals surface area contributed by atoms with Crippen LogP contribution in [-0.2, 0) is 4.79 Å². The fourth-order valence-electron chi connectivity index (χ4n) is 3.68. The molecule has 1 saturated heterocycles. The Morgan fingerprint density at radius 2 is 1.85 bits per heavy atom. The summed E-state index contributed by atoms with van der Waals surface area (Å²) in [5, 5.41) is 3.18. The molecular weight excluding hydrogens is 332 g/mol. The number of ether oxygens (including phenoxy) is 1. The van der Waals surface area contributed by atoms with E-state index in [1.54, 1.807) is 17.0 Å².